The van der Waals surface area contributed by atoms with Gasteiger partial charge in [-0.1, -0.05) is 12.2 Å². The molecule has 94 valence electrons. The molecule has 0 amide bonds. The van der Waals surface area contributed by atoms with E-state index in [1.54, 1.807) is 0 Å². The molecule has 0 aliphatic heterocycles. The van der Waals surface area contributed by atoms with Gasteiger partial charge >= 0.3 is 0 Å². The van der Waals surface area contributed by atoms with Gasteiger partial charge in [0.25, 0.3) is 0 Å². The number of allylic oxidation sites excluding steroid dienone is 1. The van der Waals surface area contributed by atoms with Gasteiger partial charge < -0.3 is 11.1 Å². The SMILES string of the molecule is Cc1nn(C(C)C)c(NC2CC=CCC2)c1N. The summed E-state index contributed by atoms with van der Waals surface area (Å²) in [5.74, 6) is 0.984. The van der Waals surface area contributed by atoms with Crippen LogP contribution in [0.15, 0.2) is 12.2 Å². The average molecular weight is 234 g/mol. The number of aryl methyl sites for hydroxylation is 1. The predicted octanol–water partition coefficient (Wildman–Crippen LogP) is 2.88. The molecular weight excluding hydrogens is 212 g/mol. The number of hydrogen-bond donors (Lipinski definition) is 2. The summed E-state index contributed by atoms with van der Waals surface area (Å²) in [5, 5.41) is 8.03. The lowest BCUT2D eigenvalue weighted by Gasteiger charge is -2.22. The minimum atomic E-state index is 0.327. The maximum absolute atomic E-state index is 6.09. The van der Waals surface area contributed by atoms with Crippen molar-refractivity contribution >= 4 is 11.5 Å². The van der Waals surface area contributed by atoms with E-state index in [-0.39, 0.29) is 0 Å². The zero-order valence-electron chi connectivity index (χ0n) is 10.9. The number of nitrogens with zero attached hydrogens (tertiary/aromatic N) is 2. The third-order valence-electron chi connectivity index (χ3n) is 3.23. The van der Waals surface area contributed by atoms with Crippen molar-refractivity contribution in [2.45, 2.75) is 52.1 Å². The Labute approximate surface area is 103 Å². The summed E-state index contributed by atoms with van der Waals surface area (Å²) in [6.07, 6.45) is 7.86. The van der Waals surface area contributed by atoms with Crippen LogP contribution in [0, 0.1) is 6.92 Å². The third kappa shape index (κ3) is 2.46. The van der Waals surface area contributed by atoms with E-state index in [1.807, 2.05) is 11.6 Å². The highest BCUT2D eigenvalue weighted by Gasteiger charge is 2.18. The fourth-order valence-corrected chi connectivity index (χ4v) is 2.20. The molecule has 0 spiro atoms. The van der Waals surface area contributed by atoms with Crippen molar-refractivity contribution in [1.82, 2.24) is 9.78 Å². The summed E-state index contributed by atoms with van der Waals surface area (Å²) in [4.78, 5) is 0. The number of anilines is 2. The molecule has 4 nitrogen and oxygen atoms in total. The van der Waals surface area contributed by atoms with Crippen LogP contribution in [0.2, 0.25) is 0 Å². The minimum absolute atomic E-state index is 0.327. The minimum Gasteiger partial charge on any atom is -0.394 e. The van der Waals surface area contributed by atoms with Crippen molar-refractivity contribution in [3.8, 4) is 0 Å². The molecule has 3 N–H and O–H groups in total. The zero-order chi connectivity index (χ0) is 12.4. The van der Waals surface area contributed by atoms with Crippen LogP contribution in [0.4, 0.5) is 11.5 Å². The van der Waals surface area contributed by atoms with Crippen molar-refractivity contribution in [3.63, 3.8) is 0 Å². The van der Waals surface area contributed by atoms with Gasteiger partial charge in [0.15, 0.2) is 0 Å². The fourth-order valence-electron chi connectivity index (χ4n) is 2.20. The summed E-state index contributed by atoms with van der Waals surface area (Å²) in [7, 11) is 0. The van der Waals surface area contributed by atoms with Gasteiger partial charge in [-0.2, -0.15) is 5.10 Å². The normalized spacial score (nSPS) is 19.9. The Hall–Kier alpha value is -1.45. The highest BCUT2D eigenvalue weighted by atomic mass is 15.4. The Morgan fingerprint density at radius 1 is 1.47 bits per heavy atom. The number of rotatable bonds is 3. The molecule has 0 saturated heterocycles. The monoisotopic (exact) mass is 234 g/mol. The molecule has 0 radical (unpaired) electrons. The van der Waals surface area contributed by atoms with Crippen molar-refractivity contribution in [2.75, 3.05) is 11.1 Å². The first-order valence-electron chi connectivity index (χ1n) is 6.35. The fraction of sp³-hybridized carbons (Fsp3) is 0.615. The summed E-state index contributed by atoms with van der Waals surface area (Å²) in [5.41, 5.74) is 7.79. The van der Waals surface area contributed by atoms with E-state index in [0.717, 1.165) is 36.5 Å². The largest absolute Gasteiger partial charge is 0.394 e. The zero-order valence-corrected chi connectivity index (χ0v) is 10.9. The van der Waals surface area contributed by atoms with E-state index < -0.39 is 0 Å². The first-order chi connectivity index (χ1) is 8.09. The topological polar surface area (TPSA) is 55.9 Å². The molecule has 0 saturated carbocycles. The first-order valence-corrected chi connectivity index (χ1v) is 6.35. The molecule has 1 aliphatic carbocycles. The highest BCUT2D eigenvalue weighted by molar-refractivity contribution is 5.65. The van der Waals surface area contributed by atoms with Crippen molar-refractivity contribution in [3.05, 3.63) is 17.8 Å². The van der Waals surface area contributed by atoms with Gasteiger partial charge in [-0.25, -0.2) is 4.68 Å². The predicted molar refractivity (Wildman–Crippen MR) is 72.2 cm³/mol. The second-order valence-corrected chi connectivity index (χ2v) is 5.01. The molecule has 1 unspecified atom stereocenters. The van der Waals surface area contributed by atoms with E-state index in [0.29, 0.717) is 12.1 Å². The summed E-state index contributed by atoms with van der Waals surface area (Å²) in [6.45, 7) is 6.20. The molecule has 0 fully saturated rings. The van der Waals surface area contributed by atoms with Gasteiger partial charge in [0.05, 0.1) is 11.4 Å². The van der Waals surface area contributed by atoms with Crippen molar-refractivity contribution < 1.29 is 0 Å². The highest BCUT2D eigenvalue weighted by Crippen LogP contribution is 2.28. The van der Waals surface area contributed by atoms with Crippen LogP contribution in [0.3, 0.4) is 0 Å². The van der Waals surface area contributed by atoms with Crippen LogP contribution in [-0.2, 0) is 0 Å². The molecule has 1 atom stereocenters. The van der Waals surface area contributed by atoms with E-state index in [1.165, 1.54) is 0 Å². The maximum Gasteiger partial charge on any atom is 0.148 e. The lowest BCUT2D eigenvalue weighted by Crippen LogP contribution is -2.23. The van der Waals surface area contributed by atoms with E-state index in [2.05, 4.69) is 36.4 Å². The molecular formula is C13H22N4. The van der Waals surface area contributed by atoms with Crippen LogP contribution in [0.25, 0.3) is 0 Å². The molecule has 1 aliphatic rings. The van der Waals surface area contributed by atoms with E-state index >= 15 is 0 Å². The molecule has 0 aromatic carbocycles. The van der Waals surface area contributed by atoms with Crippen LogP contribution >= 0.6 is 0 Å². The summed E-state index contributed by atoms with van der Waals surface area (Å²) < 4.78 is 1.99. The third-order valence-corrected chi connectivity index (χ3v) is 3.23. The number of hydrogen-bond acceptors (Lipinski definition) is 3. The van der Waals surface area contributed by atoms with Crippen molar-refractivity contribution in [1.29, 1.82) is 0 Å². The number of nitrogens with two attached hydrogens (primary N) is 1. The maximum atomic E-state index is 6.09. The standard InChI is InChI=1S/C13H22N4/c1-9(2)17-13(12(14)10(3)16-17)15-11-7-5-4-6-8-11/h4-5,9,11,15H,6-8,14H2,1-3H3. The van der Waals surface area contributed by atoms with Crippen LogP contribution < -0.4 is 11.1 Å². The molecule has 4 heteroatoms. The Bertz CT molecular complexity index is 417. The van der Waals surface area contributed by atoms with Crippen LogP contribution in [0.1, 0.15) is 44.8 Å². The van der Waals surface area contributed by atoms with Gasteiger partial charge in [0, 0.05) is 12.1 Å². The second-order valence-electron chi connectivity index (χ2n) is 5.01. The summed E-state index contributed by atoms with van der Waals surface area (Å²) in [6, 6.07) is 0.809. The van der Waals surface area contributed by atoms with Gasteiger partial charge in [-0.15, -0.1) is 0 Å². The number of nitrogen functional groups attached to an aromatic ring is 1. The number of aromatic nitrogens is 2. The Morgan fingerprint density at radius 3 is 2.82 bits per heavy atom. The smallest absolute Gasteiger partial charge is 0.148 e. The van der Waals surface area contributed by atoms with Gasteiger partial charge in [-0.05, 0) is 40.0 Å². The second kappa shape index (κ2) is 4.82. The first kappa shape index (κ1) is 12.0. The molecule has 1 heterocycles. The molecule has 1 aromatic rings. The van der Waals surface area contributed by atoms with Gasteiger partial charge in [0.1, 0.15) is 5.82 Å². The van der Waals surface area contributed by atoms with Crippen molar-refractivity contribution in [2.24, 2.45) is 0 Å². The lowest BCUT2D eigenvalue weighted by atomic mass is 10.0. The average Bonchev–Trinajstić information content (AvgIpc) is 2.59. The Morgan fingerprint density at radius 2 is 2.24 bits per heavy atom. The molecule has 17 heavy (non-hydrogen) atoms. The number of nitrogens with one attached hydrogen (secondary N) is 1. The Kier molecular flexibility index (Phi) is 3.41. The van der Waals surface area contributed by atoms with E-state index in [4.69, 9.17) is 5.73 Å². The Balaban J connectivity index is 2.21. The molecule has 2 rings (SSSR count). The van der Waals surface area contributed by atoms with E-state index in [9.17, 15) is 0 Å². The van der Waals surface area contributed by atoms with Gasteiger partial charge in [0.2, 0.25) is 0 Å². The van der Waals surface area contributed by atoms with Crippen LogP contribution in [0.5, 0.6) is 0 Å². The molecule has 1 aromatic heterocycles. The summed E-state index contributed by atoms with van der Waals surface area (Å²) >= 11 is 0. The van der Waals surface area contributed by atoms with Crippen LogP contribution in [-0.4, -0.2) is 15.8 Å². The molecule has 0 bridgehead atoms. The van der Waals surface area contributed by atoms with Gasteiger partial charge in [-0.3, -0.25) is 0 Å². The lowest BCUT2D eigenvalue weighted by molar-refractivity contribution is 0.526. The quantitative estimate of drug-likeness (QED) is 0.791.